The van der Waals surface area contributed by atoms with Crippen molar-refractivity contribution in [2.45, 2.75) is 13.3 Å². The van der Waals surface area contributed by atoms with Gasteiger partial charge in [0.1, 0.15) is 6.61 Å². The van der Waals surface area contributed by atoms with E-state index in [1.807, 2.05) is 21.0 Å². The van der Waals surface area contributed by atoms with Crippen LogP contribution < -0.4 is 5.32 Å². The first-order valence-corrected chi connectivity index (χ1v) is 5.73. The largest absolute Gasteiger partial charge is 0.378 e. The van der Waals surface area contributed by atoms with Gasteiger partial charge in [-0.3, -0.25) is 4.79 Å². The maximum atomic E-state index is 11.2. The molecule has 0 atom stereocenters. The standard InChI is InChI=1S/C11H24N2O3/c1-4-7-16-10-11(14)12-5-8-15-9-6-13(2)3/h4-10H2,1-3H3,(H,12,14). The van der Waals surface area contributed by atoms with Crippen LogP contribution in [-0.2, 0) is 14.3 Å². The molecular weight excluding hydrogens is 208 g/mol. The predicted octanol–water partition coefficient (Wildman–Crippen LogP) is 0.107. The van der Waals surface area contributed by atoms with Crippen LogP contribution in [0.15, 0.2) is 0 Å². The Labute approximate surface area is 98.1 Å². The van der Waals surface area contributed by atoms with Crippen LogP contribution in [0, 0.1) is 0 Å². The van der Waals surface area contributed by atoms with Gasteiger partial charge >= 0.3 is 0 Å². The highest BCUT2D eigenvalue weighted by molar-refractivity contribution is 5.77. The van der Waals surface area contributed by atoms with Crippen molar-refractivity contribution in [2.75, 3.05) is 53.6 Å². The van der Waals surface area contributed by atoms with Gasteiger partial charge in [0.15, 0.2) is 0 Å². The van der Waals surface area contributed by atoms with Crippen LogP contribution in [0.25, 0.3) is 0 Å². The van der Waals surface area contributed by atoms with Crippen molar-refractivity contribution >= 4 is 5.91 Å². The van der Waals surface area contributed by atoms with E-state index in [0.717, 1.165) is 13.0 Å². The zero-order valence-corrected chi connectivity index (χ0v) is 10.6. The van der Waals surface area contributed by atoms with E-state index in [1.54, 1.807) is 0 Å². The van der Waals surface area contributed by atoms with Gasteiger partial charge in [0.2, 0.25) is 5.91 Å². The number of carbonyl (C=O) groups is 1. The molecule has 0 aromatic rings. The molecule has 0 heterocycles. The normalized spacial score (nSPS) is 10.8. The first-order chi connectivity index (χ1) is 7.66. The lowest BCUT2D eigenvalue weighted by atomic mass is 10.5. The molecule has 16 heavy (non-hydrogen) atoms. The summed E-state index contributed by atoms with van der Waals surface area (Å²) in [5.74, 6) is -0.0790. The smallest absolute Gasteiger partial charge is 0.246 e. The molecule has 0 fully saturated rings. The summed E-state index contributed by atoms with van der Waals surface area (Å²) in [5, 5.41) is 2.73. The van der Waals surface area contributed by atoms with E-state index in [0.29, 0.717) is 26.4 Å². The van der Waals surface area contributed by atoms with Crippen molar-refractivity contribution < 1.29 is 14.3 Å². The van der Waals surface area contributed by atoms with E-state index < -0.39 is 0 Å². The topological polar surface area (TPSA) is 50.8 Å². The molecule has 0 rings (SSSR count). The zero-order valence-electron chi connectivity index (χ0n) is 10.6. The highest BCUT2D eigenvalue weighted by atomic mass is 16.5. The van der Waals surface area contributed by atoms with Crippen LogP contribution in [0.4, 0.5) is 0 Å². The van der Waals surface area contributed by atoms with E-state index in [9.17, 15) is 4.79 Å². The molecular formula is C11H24N2O3. The van der Waals surface area contributed by atoms with E-state index in [2.05, 4.69) is 10.2 Å². The van der Waals surface area contributed by atoms with E-state index in [4.69, 9.17) is 9.47 Å². The van der Waals surface area contributed by atoms with E-state index in [1.165, 1.54) is 0 Å². The molecule has 5 nitrogen and oxygen atoms in total. The fourth-order valence-corrected chi connectivity index (χ4v) is 0.972. The van der Waals surface area contributed by atoms with Crippen molar-refractivity contribution in [1.82, 2.24) is 10.2 Å². The molecule has 0 aliphatic heterocycles. The number of hydrogen-bond donors (Lipinski definition) is 1. The first kappa shape index (κ1) is 15.3. The molecule has 0 aliphatic carbocycles. The summed E-state index contributed by atoms with van der Waals surface area (Å²) in [6.45, 7) is 5.46. The molecule has 0 radical (unpaired) electrons. The average Bonchev–Trinajstić information content (AvgIpc) is 2.23. The minimum absolute atomic E-state index is 0.0790. The van der Waals surface area contributed by atoms with E-state index >= 15 is 0 Å². The Kier molecular flexibility index (Phi) is 10.4. The minimum atomic E-state index is -0.0790. The summed E-state index contributed by atoms with van der Waals surface area (Å²) in [7, 11) is 3.99. The summed E-state index contributed by atoms with van der Waals surface area (Å²) in [6.07, 6.45) is 0.931. The van der Waals surface area contributed by atoms with Gasteiger partial charge in [0.05, 0.1) is 13.2 Å². The fraction of sp³-hybridized carbons (Fsp3) is 0.909. The van der Waals surface area contributed by atoms with Crippen molar-refractivity contribution in [3.63, 3.8) is 0 Å². The van der Waals surface area contributed by atoms with Gasteiger partial charge in [-0.25, -0.2) is 0 Å². The SMILES string of the molecule is CCCOCC(=O)NCCOCCN(C)C. The van der Waals surface area contributed by atoms with Gasteiger partial charge < -0.3 is 19.7 Å². The Bertz CT molecular complexity index is 175. The van der Waals surface area contributed by atoms with Crippen molar-refractivity contribution in [3.05, 3.63) is 0 Å². The molecule has 0 aromatic carbocycles. The Balaban J connectivity index is 3.15. The Morgan fingerprint density at radius 1 is 1.19 bits per heavy atom. The lowest BCUT2D eigenvalue weighted by molar-refractivity contribution is -0.125. The number of hydrogen-bond acceptors (Lipinski definition) is 4. The monoisotopic (exact) mass is 232 g/mol. The first-order valence-electron chi connectivity index (χ1n) is 5.73. The van der Waals surface area contributed by atoms with Crippen LogP contribution in [0.1, 0.15) is 13.3 Å². The maximum Gasteiger partial charge on any atom is 0.246 e. The number of likely N-dealkylation sites (N-methyl/N-ethyl adjacent to an activating group) is 1. The fourth-order valence-electron chi connectivity index (χ4n) is 0.972. The zero-order chi connectivity index (χ0) is 12.2. The summed E-state index contributed by atoms with van der Waals surface area (Å²) in [4.78, 5) is 13.2. The molecule has 0 bridgehead atoms. The van der Waals surface area contributed by atoms with Crippen molar-refractivity contribution in [3.8, 4) is 0 Å². The van der Waals surface area contributed by atoms with Crippen LogP contribution in [0.5, 0.6) is 0 Å². The third-order valence-corrected chi connectivity index (χ3v) is 1.83. The lowest BCUT2D eigenvalue weighted by Crippen LogP contribution is -2.31. The number of carbonyl (C=O) groups excluding carboxylic acids is 1. The van der Waals surface area contributed by atoms with Gasteiger partial charge in [-0.2, -0.15) is 0 Å². The second kappa shape index (κ2) is 10.9. The van der Waals surface area contributed by atoms with Crippen LogP contribution in [0.2, 0.25) is 0 Å². The van der Waals surface area contributed by atoms with Gasteiger partial charge in [0.25, 0.3) is 0 Å². The minimum Gasteiger partial charge on any atom is -0.378 e. The maximum absolute atomic E-state index is 11.2. The van der Waals surface area contributed by atoms with Crippen LogP contribution in [-0.4, -0.2) is 64.4 Å². The molecule has 0 aromatic heterocycles. The predicted molar refractivity (Wildman–Crippen MR) is 63.5 cm³/mol. The summed E-state index contributed by atoms with van der Waals surface area (Å²) < 4.78 is 10.4. The molecule has 0 aliphatic rings. The average molecular weight is 232 g/mol. The van der Waals surface area contributed by atoms with Crippen molar-refractivity contribution in [2.24, 2.45) is 0 Å². The number of ether oxygens (including phenoxy) is 2. The number of rotatable bonds is 10. The molecule has 0 saturated heterocycles. The molecule has 1 N–H and O–H groups in total. The molecule has 96 valence electrons. The second-order valence-electron chi connectivity index (χ2n) is 3.82. The molecule has 0 saturated carbocycles. The summed E-state index contributed by atoms with van der Waals surface area (Å²) in [5.41, 5.74) is 0. The lowest BCUT2D eigenvalue weighted by Gasteiger charge is -2.10. The van der Waals surface area contributed by atoms with Gasteiger partial charge in [0, 0.05) is 19.7 Å². The Morgan fingerprint density at radius 2 is 1.94 bits per heavy atom. The van der Waals surface area contributed by atoms with Crippen molar-refractivity contribution in [1.29, 1.82) is 0 Å². The third kappa shape index (κ3) is 11.4. The van der Waals surface area contributed by atoms with E-state index in [-0.39, 0.29) is 12.5 Å². The quantitative estimate of drug-likeness (QED) is 0.543. The Hall–Kier alpha value is -0.650. The number of nitrogens with zero attached hydrogens (tertiary/aromatic N) is 1. The summed E-state index contributed by atoms with van der Waals surface area (Å²) >= 11 is 0. The number of nitrogens with one attached hydrogen (secondary N) is 1. The Morgan fingerprint density at radius 3 is 2.56 bits per heavy atom. The van der Waals surface area contributed by atoms with Crippen LogP contribution >= 0.6 is 0 Å². The number of amides is 1. The molecule has 0 unspecified atom stereocenters. The molecule has 5 heteroatoms. The second-order valence-corrected chi connectivity index (χ2v) is 3.82. The van der Waals surface area contributed by atoms with Gasteiger partial charge in [-0.05, 0) is 20.5 Å². The molecule has 0 spiro atoms. The highest BCUT2D eigenvalue weighted by Gasteiger charge is 1.99. The molecule has 1 amide bonds. The highest BCUT2D eigenvalue weighted by Crippen LogP contribution is 1.81. The third-order valence-electron chi connectivity index (χ3n) is 1.83. The van der Waals surface area contributed by atoms with Gasteiger partial charge in [-0.15, -0.1) is 0 Å². The summed E-state index contributed by atoms with van der Waals surface area (Å²) in [6, 6.07) is 0. The van der Waals surface area contributed by atoms with Gasteiger partial charge in [-0.1, -0.05) is 6.92 Å². The van der Waals surface area contributed by atoms with Crippen LogP contribution in [0.3, 0.4) is 0 Å².